The number of rotatable bonds is 8. The second-order valence-electron chi connectivity index (χ2n) is 8.87. The van der Waals surface area contributed by atoms with Crippen LogP contribution < -0.4 is 16.2 Å². The van der Waals surface area contributed by atoms with Gasteiger partial charge < -0.3 is 10.6 Å². The third-order valence-electron chi connectivity index (χ3n) is 5.96. The average molecular weight is 480 g/mol. The fourth-order valence-corrected chi connectivity index (χ4v) is 3.97. The molecule has 1 atom stereocenters. The van der Waals surface area contributed by atoms with Gasteiger partial charge in [-0.1, -0.05) is 48.0 Å². The number of carbonyl (C=O) groups excluding carboxylic acids is 2. The Hall–Kier alpha value is -4.45. The number of carbonyl (C=O) groups is 2. The minimum atomic E-state index is -0.401. The number of nitrogens with one attached hydrogen (secondary N) is 2. The lowest BCUT2D eigenvalue weighted by Crippen LogP contribution is -2.37. The van der Waals surface area contributed by atoms with Crippen molar-refractivity contribution in [2.24, 2.45) is 0 Å². The Morgan fingerprint density at radius 3 is 2.33 bits per heavy atom. The van der Waals surface area contributed by atoms with Crippen molar-refractivity contribution < 1.29 is 9.59 Å². The average Bonchev–Trinajstić information content (AvgIpc) is 2.89. The van der Waals surface area contributed by atoms with Crippen molar-refractivity contribution in [3.05, 3.63) is 130 Å². The number of nitrogens with zero attached hydrogens (tertiary/aromatic N) is 1. The quantitative estimate of drug-likeness (QED) is 0.367. The van der Waals surface area contributed by atoms with Crippen LogP contribution in [0.25, 0.3) is 5.69 Å². The van der Waals surface area contributed by atoms with Gasteiger partial charge in [-0.2, -0.15) is 0 Å². The number of anilines is 1. The van der Waals surface area contributed by atoms with Crippen LogP contribution in [-0.4, -0.2) is 22.4 Å². The lowest BCUT2D eigenvalue weighted by molar-refractivity contribution is 0.0936. The SMILES string of the molecule is Cc1cccc(C(=O)Nc2ccc(-n3cccc(C(=O)NC(C)CCc4ccccc4)c3=O)cc2)c1. The first-order valence-electron chi connectivity index (χ1n) is 12.0. The van der Waals surface area contributed by atoms with Crippen molar-refractivity contribution in [1.82, 2.24) is 9.88 Å². The third kappa shape index (κ3) is 6.16. The molecule has 2 N–H and O–H groups in total. The van der Waals surface area contributed by atoms with E-state index in [-0.39, 0.29) is 17.5 Å². The van der Waals surface area contributed by atoms with Gasteiger partial charge in [0.25, 0.3) is 17.4 Å². The minimum absolute atomic E-state index is 0.0814. The molecule has 1 aromatic heterocycles. The van der Waals surface area contributed by atoms with Crippen LogP contribution in [0.4, 0.5) is 5.69 Å². The smallest absolute Gasteiger partial charge is 0.267 e. The molecule has 0 aliphatic rings. The summed E-state index contributed by atoms with van der Waals surface area (Å²) in [5.74, 6) is -0.597. The monoisotopic (exact) mass is 479 g/mol. The molecule has 2 amide bonds. The summed E-state index contributed by atoms with van der Waals surface area (Å²) in [6.45, 7) is 3.87. The van der Waals surface area contributed by atoms with E-state index in [9.17, 15) is 14.4 Å². The third-order valence-corrected chi connectivity index (χ3v) is 5.96. The highest BCUT2D eigenvalue weighted by Crippen LogP contribution is 2.14. The highest BCUT2D eigenvalue weighted by molar-refractivity contribution is 6.04. The minimum Gasteiger partial charge on any atom is -0.349 e. The molecule has 0 bridgehead atoms. The highest BCUT2D eigenvalue weighted by Gasteiger charge is 2.15. The summed E-state index contributed by atoms with van der Waals surface area (Å²) in [4.78, 5) is 38.4. The van der Waals surface area contributed by atoms with E-state index in [1.807, 2.05) is 50.2 Å². The van der Waals surface area contributed by atoms with E-state index >= 15 is 0 Å². The number of pyridine rings is 1. The van der Waals surface area contributed by atoms with Crippen LogP contribution in [0.15, 0.2) is 102 Å². The Morgan fingerprint density at radius 1 is 0.861 bits per heavy atom. The molecule has 6 heteroatoms. The van der Waals surface area contributed by atoms with E-state index in [2.05, 4.69) is 22.8 Å². The number of hydrogen-bond acceptors (Lipinski definition) is 3. The van der Waals surface area contributed by atoms with E-state index in [0.717, 1.165) is 18.4 Å². The van der Waals surface area contributed by atoms with Crippen LogP contribution in [0.1, 0.15) is 45.2 Å². The summed E-state index contributed by atoms with van der Waals surface area (Å²) in [6.07, 6.45) is 3.23. The van der Waals surface area contributed by atoms with E-state index in [4.69, 9.17) is 0 Å². The van der Waals surface area contributed by atoms with Gasteiger partial charge in [-0.15, -0.1) is 0 Å². The van der Waals surface area contributed by atoms with Crippen LogP contribution in [0.5, 0.6) is 0 Å². The van der Waals surface area contributed by atoms with Crippen molar-refractivity contribution in [1.29, 1.82) is 0 Å². The Bertz CT molecular complexity index is 1410. The van der Waals surface area contributed by atoms with Crippen molar-refractivity contribution >= 4 is 17.5 Å². The lowest BCUT2D eigenvalue weighted by atomic mass is 10.1. The summed E-state index contributed by atoms with van der Waals surface area (Å²) in [7, 11) is 0. The summed E-state index contributed by atoms with van der Waals surface area (Å²) >= 11 is 0. The predicted octanol–water partition coefficient (Wildman–Crippen LogP) is 5.15. The zero-order chi connectivity index (χ0) is 25.5. The topological polar surface area (TPSA) is 80.2 Å². The molecule has 182 valence electrons. The Balaban J connectivity index is 1.42. The van der Waals surface area contributed by atoms with Gasteiger partial charge in [-0.25, -0.2) is 0 Å². The zero-order valence-electron chi connectivity index (χ0n) is 20.4. The first-order chi connectivity index (χ1) is 17.4. The Labute approximate surface area is 210 Å². The molecule has 3 aromatic carbocycles. The molecule has 6 nitrogen and oxygen atoms in total. The molecule has 1 unspecified atom stereocenters. The van der Waals surface area contributed by atoms with Gasteiger partial charge in [0.15, 0.2) is 0 Å². The molecular weight excluding hydrogens is 450 g/mol. The van der Waals surface area contributed by atoms with Crippen molar-refractivity contribution in [2.75, 3.05) is 5.32 Å². The number of hydrogen-bond donors (Lipinski definition) is 2. The van der Waals surface area contributed by atoms with Gasteiger partial charge in [0.05, 0.1) is 0 Å². The molecule has 0 saturated heterocycles. The molecule has 36 heavy (non-hydrogen) atoms. The largest absolute Gasteiger partial charge is 0.349 e. The Kier molecular flexibility index (Phi) is 7.75. The van der Waals surface area contributed by atoms with Crippen LogP contribution >= 0.6 is 0 Å². The Morgan fingerprint density at radius 2 is 1.61 bits per heavy atom. The van der Waals surface area contributed by atoms with Gasteiger partial charge in [0.2, 0.25) is 0 Å². The molecule has 0 saturated carbocycles. The van der Waals surface area contributed by atoms with Crippen LogP contribution in [-0.2, 0) is 6.42 Å². The van der Waals surface area contributed by atoms with Crippen molar-refractivity contribution in [3.63, 3.8) is 0 Å². The van der Waals surface area contributed by atoms with Gasteiger partial charge in [-0.3, -0.25) is 19.0 Å². The van der Waals surface area contributed by atoms with E-state index in [0.29, 0.717) is 16.9 Å². The van der Waals surface area contributed by atoms with E-state index in [1.54, 1.807) is 42.6 Å². The number of benzene rings is 3. The molecule has 0 radical (unpaired) electrons. The van der Waals surface area contributed by atoms with Gasteiger partial charge >= 0.3 is 0 Å². The van der Waals surface area contributed by atoms with E-state index in [1.165, 1.54) is 16.2 Å². The number of amides is 2. The summed E-state index contributed by atoms with van der Waals surface area (Å²) < 4.78 is 1.43. The first kappa shape index (κ1) is 24.7. The molecule has 0 fully saturated rings. The summed E-state index contributed by atoms with van der Waals surface area (Å²) in [5.41, 5.74) is 3.68. The molecule has 1 heterocycles. The number of aryl methyl sites for hydroxylation is 2. The number of aromatic nitrogens is 1. The molecule has 0 aliphatic heterocycles. The maximum Gasteiger partial charge on any atom is 0.267 e. The molecule has 4 aromatic rings. The maximum atomic E-state index is 13.1. The second-order valence-corrected chi connectivity index (χ2v) is 8.87. The van der Waals surface area contributed by atoms with Crippen LogP contribution in [0, 0.1) is 6.92 Å². The fourth-order valence-electron chi connectivity index (χ4n) is 3.97. The summed E-state index contributed by atoms with van der Waals surface area (Å²) in [5, 5.41) is 5.80. The zero-order valence-corrected chi connectivity index (χ0v) is 20.4. The normalized spacial score (nSPS) is 11.5. The van der Waals surface area contributed by atoms with Crippen molar-refractivity contribution in [3.8, 4) is 5.69 Å². The van der Waals surface area contributed by atoms with Gasteiger partial charge in [-0.05, 0) is 80.8 Å². The fraction of sp³-hybridized carbons (Fsp3) is 0.167. The molecule has 0 aliphatic carbocycles. The van der Waals surface area contributed by atoms with Gasteiger partial charge in [0, 0.05) is 29.2 Å². The maximum absolute atomic E-state index is 13.1. The highest BCUT2D eigenvalue weighted by atomic mass is 16.2. The van der Waals surface area contributed by atoms with Crippen LogP contribution in [0.3, 0.4) is 0 Å². The van der Waals surface area contributed by atoms with Crippen molar-refractivity contribution in [2.45, 2.75) is 32.7 Å². The molecule has 0 spiro atoms. The first-order valence-corrected chi connectivity index (χ1v) is 12.0. The molecular formula is C30H29N3O3. The molecule has 4 rings (SSSR count). The summed E-state index contributed by atoms with van der Waals surface area (Å²) in [6, 6.07) is 27.5. The second kappa shape index (κ2) is 11.3. The lowest BCUT2D eigenvalue weighted by Gasteiger charge is -2.15. The predicted molar refractivity (Wildman–Crippen MR) is 143 cm³/mol. The standard InChI is InChI=1S/C30H29N3O3/c1-21-8-6-11-24(20-21)28(34)32-25-15-17-26(18-16-25)33-19-7-12-27(30(33)36)29(35)31-22(2)13-14-23-9-4-3-5-10-23/h3-12,15-20,22H,13-14H2,1-2H3,(H,31,35)(H,32,34). The van der Waals surface area contributed by atoms with E-state index < -0.39 is 11.5 Å². The van der Waals surface area contributed by atoms with Crippen LogP contribution in [0.2, 0.25) is 0 Å². The van der Waals surface area contributed by atoms with Gasteiger partial charge in [0.1, 0.15) is 5.56 Å².